The summed E-state index contributed by atoms with van der Waals surface area (Å²) in [6.07, 6.45) is 1.48. The van der Waals surface area contributed by atoms with Gasteiger partial charge in [0.15, 0.2) is 0 Å². The van der Waals surface area contributed by atoms with Crippen LogP contribution >= 0.6 is 0 Å². The summed E-state index contributed by atoms with van der Waals surface area (Å²) in [5, 5.41) is 2.85. The fraction of sp³-hybridized carbons (Fsp3) is 0.381. The summed E-state index contributed by atoms with van der Waals surface area (Å²) >= 11 is 0. The predicted octanol–water partition coefficient (Wildman–Crippen LogP) is 3.25. The van der Waals surface area contributed by atoms with E-state index in [9.17, 15) is 13.2 Å². The fourth-order valence-electron chi connectivity index (χ4n) is 3.00. The molecule has 6 nitrogen and oxygen atoms in total. The van der Waals surface area contributed by atoms with E-state index < -0.39 is 16.1 Å². The number of anilines is 1. The number of carbonyl (C=O) groups is 1. The smallest absolute Gasteiger partial charge is 0.244 e. The van der Waals surface area contributed by atoms with Gasteiger partial charge in [-0.1, -0.05) is 31.2 Å². The van der Waals surface area contributed by atoms with Crippen molar-refractivity contribution in [3.05, 3.63) is 59.7 Å². The normalized spacial score (nSPS) is 12.3. The highest BCUT2D eigenvalue weighted by Gasteiger charge is 2.31. The zero-order valence-corrected chi connectivity index (χ0v) is 17.6. The molecule has 152 valence electrons. The van der Waals surface area contributed by atoms with Gasteiger partial charge in [-0.05, 0) is 55.7 Å². The molecule has 0 aliphatic heterocycles. The number of hydrogen-bond acceptors (Lipinski definition) is 4. The van der Waals surface area contributed by atoms with Gasteiger partial charge in [0, 0.05) is 6.54 Å². The van der Waals surface area contributed by atoms with Gasteiger partial charge >= 0.3 is 0 Å². The van der Waals surface area contributed by atoms with Crippen LogP contribution in [0.2, 0.25) is 0 Å². The van der Waals surface area contributed by atoms with Crippen LogP contribution in [0.4, 0.5) is 5.69 Å². The quantitative estimate of drug-likeness (QED) is 0.696. The average molecular weight is 405 g/mol. The highest BCUT2D eigenvalue weighted by Crippen LogP contribution is 2.23. The number of benzene rings is 2. The molecule has 0 heterocycles. The molecule has 28 heavy (non-hydrogen) atoms. The third-order valence-corrected chi connectivity index (χ3v) is 5.47. The van der Waals surface area contributed by atoms with Gasteiger partial charge in [0.05, 0.1) is 18.6 Å². The van der Waals surface area contributed by atoms with Crippen molar-refractivity contribution in [2.24, 2.45) is 0 Å². The topological polar surface area (TPSA) is 75.7 Å². The van der Waals surface area contributed by atoms with Crippen LogP contribution in [-0.2, 0) is 21.4 Å². The fourth-order valence-corrected chi connectivity index (χ4v) is 4.21. The highest BCUT2D eigenvalue weighted by molar-refractivity contribution is 7.92. The Morgan fingerprint density at radius 3 is 2.36 bits per heavy atom. The van der Waals surface area contributed by atoms with Crippen molar-refractivity contribution in [3.8, 4) is 5.75 Å². The van der Waals surface area contributed by atoms with E-state index in [1.165, 1.54) is 4.31 Å². The van der Waals surface area contributed by atoms with E-state index in [1.807, 2.05) is 44.2 Å². The molecule has 0 radical (unpaired) electrons. The number of nitrogens with one attached hydrogen (secondary N) is 1. The van der Waals surface area contributed by atoms with E-state index in [-0.39, 0.29) is 5.91 Å². The Morgan fingerprint density at radius 2 is 1.82 bits per heavy atom. The Kier molecular flexibility index (Phi) is 7.45. The molecule has 0 spiro atoms. The van der Waals surface area contributed by atoms with Crippen molar-refractivity contribution < 1.29 is 17.9 Å². The molecule has 1 atom stereocenters. The van der Waals surface area contributed by atoms with Crippen LogP contribution in [0.15, 0.2) is 48.5 Å². The lowest BCUT2D eigenvalue weighted by atomic mass is 10.1. The number of carbonyl (C=O) groups excluding carboxylic acids is 1. The van der Waals surface area contributed by atoms with Crippen molar-refractivity contribution in [1.82, 2.24) is 5.32 Å². The summed E-state index contributed by atoms with van der Waals surface area (Å²) in [6, 6.07) is 13.8. The van der Waals surface area contributed by atoms with E-state index in [2.05, 4.69) is 5.32 Å². The number of aryl methyl sites for hydroxylation is 1. The zero-order valence-electron chi connectivity index (χ0n) is 16.8. The molecular weight excluding hydrogens is 376 g/mol. The monoisotopic (exact) mass is 404 g/mol. The molecule has 2 rings (SSSR count). The molecule has 1 N–H and O–H groups in total. The Bertz CT molecular complexity index is 895. The molecular formula is C21H28N2O4S. The molecule has 0 unspecified atom stereocenters. The predicted molar refractivity (Wildman–Crippen MR) is 112 cm³/mol. The van der Waals surface area contributed by atoms with Crippen molar-refractivity contribution in [2.75, 3.05) is 17.2 Å². The lowest BCUT2D eigenvalue weighted by Gasteiger charge is -2.30. The lowest BCUT2D eigenvalue weighted by molar-refractivity contribution is -0.122. The SMILES string of the molecule is CCOc1ccc(CNC(=O)[C@@H](CC)N(c2cccc(C)c2)S(C)(=O)=O)cc1. The minimum absolute atomic E-state index is 0.313. The largest absolute Gasteiger partial charge is 0.494 e. The van der Waals surface area contributed by atoms with Gasteiger partial charge in [-0.2, -0.15) is 0 Å². The van der Waals surface area contributed by atoms with Gasteiger partial charge in [0.25, 0.3) is 0 Å². The maximum Gasteiger partial charge on any atom is 0.244 e. The Hall–Kier alpha value is -2.54. The summed E-state index contributed by atoms with van der Waals surface area (Å²) in [5.41, 5.74) is 2.33. The third-order valence-electron chi connectivity index (χ3n) is 4.29. The van der Waals surface area contributed by atoms with E-state index in [1.54, 1.807) is 25.1 Å². The molecule has 0 saturated heterocycles. The number of hydrogen-bond donors (Lipinski definition) is 1. The first-order valence-corrected chi connectivity index (χ1v) is 11.2. The summed E-state index contributed by atoms with van der Waals surface area (Å²) in [6.45, 7) is 6.51. The maximum absolute atomic E-state index is 12.8. The Balaban J connectivity index is 2.17. The lowest BCUT2D eigenvalue weighted by Crippen LogP contribution is -2.49. The molecule has 0 bridgehead atoms. The third kappa shape index (κ3) is 5.73. The van der Waals surface area contributed by atoms with Crippen molar-refractivity contribution >= 4 is 21.6 Å². The summed E-state index contributed by atoms with van der Waals surface area (Å²) in [4.78, 5) is 12.8. The first-order chi connectivity index (χ1) is 13.3. The first-order valence-electron chi connectivity index (χ1n) is 9.31. The molecule has 0 fully saturated rings. The van der Waals surface area contributed by atoms with Crippen molar-refractivity contribution in [1.29, 1.82) is 0 Å². The van der Waals surface area contributed by atoms with Gasteiger partial charge in [-0.3, -0.25) is 9.10 Å². The van der Waals surface area contributed by atoms with Gasteiger partial charge < -0.3 is 10.1 Å². The van der Waals surface area contributed by atoms with E-state index >= 15 is 0 Å². The van der Waals surface area contributed by atoms with E-state index in [0.717, 1.165) is 23.1 Å². The van der Waals surface area contributed by atoms with Gasteiger partial charge in [0.1, 0.15) is 11.8 Å². The molecule has 7 heteroatoms. The molecule has 0 aliphatic rings. The number of ether oxygens (including phenoxy) is 1. The number of amides is 1. The summed E-state index contributed by atoms with van der Waals surface area (Å²) < 4.78 is 31.5. The number of sulfonamides is 1. The summed E-state index contributed by atoms with van der Waals surface area (Å²) in [5.74, 6) is 0.440. The van der Waals surface area contributed by atoms with Crippen LogP contribution in [0.25, 0.3) is 0 Å². The maximum atomic E-state index is 12.8. The van der Waals surface area contributed by atoms with E-state index in [0.29, 0.717) is 25.3 Å². The highest BCUT2D eigenvalue weighted by atomic mass is 32.2. The van der Waals surface area contributed by atoms with Gasteiger partial charge in [-0.25, -0.2) is 8.42 Å². The average Bonchev–Trinajstić information content (AvgIpc) is 2.64. The van der Waals surface area contributed by atoms with Crippen LogP contribution in [0.5, 0.6) is 5.75 Å². The van der Waals surface area contributed by atoms with Gasteiger partial charge in [-0.15, -0.1) is 0 Å². The minimum atomic E-state index is -3.63. The number of rotatable bonds is 9. The summed E-state index contributed by atoms with van der Waals surface area (Å²) in [7, 11) is -3.63. The van der Waals surface area contributed by atoms with Crippen LogP contribution in [0, 0.1) is 6.92 Å². The standard InChI is InChI=1S/C21H28N2O4S/c1-5-20(23(28(4,25)26)18-9-7-8-16(3)14-18)21(24)22-15-17-10-12-19(13-11-17)27-6-2/h7-14,20H,5-6,15H2,1-4H3,(H,22,24)/t20-/m1/s1. The van der Waals surface area contributed by atoms with Crippen LogP contribution in [0.3, 0.4) is 0 Å². The van der Waals surface area contributed by atoms with Crippen LogP contribution in [0.1, 0.15) is 31.4 Å². The zero-order chi connectivity index (χ0) is 20.7. The van der Waals surface area contributed by atoms with Crippen LogP contribution in [-0.4, -0.2) is 33.2 Å². The van der Waals surface area contributed by atoms with Crippen LogP contribution < -0.4 is 14.4 Å². The second kappa shape index (κ2) is 9.59. The Morgan fingerprint density at radius 1 is 1.14 bits per heavy atom. The molecule has 2 aromatic carbocycles. The van der Waals surface area contributed by atoms with Crippen molar-refractivity contribution in [3.63, 3.8) is 0 Å². The van der Waals surface area contributed by atoms with E-state index in [4.69, 9.17) is 4.74 Å². The molecule has 2 aromatic rings. The molecule has 0 saturated carbocycles. The molecule has 1 amide bonds. The molecule has 0 aromatic heterocycles. The second-order valence-electron chi connectivity index (χ2n) is 6.62. The minimum Gasteiger partial charge on any atom is -0.494 e. The second-order valence-corrected chi connectivity index (χ2v) is 8.48. The van der Waals surface area contributed by atoms with Crippen molar-refractivity contribution in [2.45, 2.75) is 39.8 Å². The number of nitrogens with zero attached hydrogens (tertiary/aromatic N) is 1. The van der Waals surface area contributed by atoms with Gasteiger partial charge in [0.2, 0.25) is 15.9 Å². The first kappa shape index (κ1) is 21.8. The molecule has 0 aliphatic carbocycles. The Labute approximate surface area is 167 Å².